The molecule has 0 aromatic heterocycles. The first-order valence-electron chi connectivity index (χ1n) is 5.31. The zero-order valence-electron chi connectivity index (χ0n) is 9.88. The minimum absolute atomic E-state index is 0.285. The van der Waals surface area contributed by atoms with Gasteiger partial charge in [-0.15, -0.1) is 0 Å². The predicted molar refractivity (Wildman–Crippen MR) is 66.0 cm³/mol. The van der Waals surface area contributed by atoms with E-state index in [1.54, 1.807) is 7.11 Å². The number of nitrogens with zero attached hydrogens (tertiary/aromatic N) is 1. The van der Waals surface area contributed by atoms with E-state index in [2.05, 4.69) is 13.0 Å². The van der Waals surface area contributed by atoms with E-state index < -0.39 is 0 Å². The molecule has 0 heterocycles. The van der Waals surface area contributed by atoms with Crippen LogP contribution in [0.4, 0.5) is 0 Å². The van der Waals surface area contributed by atoms with Crippen molar-refractivity contribution in [2.24, 2.45) is 0 Å². The molecule has 0 N–H and O–H groups in total. The summed E-state index contributed by atoms with van der Waals surface area (Å²) in [5.41, 5.74) is 2.09. The molecule has 0 spiro atoms. The molecule has 0 aliphatic carbocycles. The number of hydrogen-bond acceptors (Lipinski definition) is 2. The van der Waals surface area contributed by atoms with Crippen molar-refractivity contribution < 1.29 is 4.74 Å². The van der Waals surface area contributed by atoms with Crippen molar-refractivity contribution in [1.29, 1.82) is 5.26 Å². The van der Waals surface area contributed by atoms with Gasteiger partial charge < -0.3 is 4.74 Å². The number of aryl methyl sites for hydroxylation is 1. The van der Waals surface area contributed by atoms with E-state index in [4.69, 9.17) is 21.6 Å². The first kappa shape index (κ1) is 12.9. The summed E-state index contributed by atoms with van der Waals surface area (Å²) in [5.74, 6) is 1.14. The highest BCUT2D eigenvalue weighted by Crippen LogP contribution is 2.33. The molecule has 2 nitrogen and oxygen atoms in total. The minimum Gasteiger partial charge on any atom is -0.496 e. The number of halogens is 1. The first-order valence-corrected chi connectivity index (χ1v) is 5.69. The highest BCUT2D eigenvalue weighted by Gasteiger charge is 2.13. The van der Waals surface area contributed by atoms with Crippen LogP contribution >= 0.6 is 11.6 Å². The van der Waals surface area contributed by atoms with Gasteiger partial charge in [-0.1, -0.05) is 18.5 Å². The Morgan fingerprint density at radius 1 is 1.50 bits per heavy atom. The molecule has 1 aromatic carbocycles. The molecule has 1 aromatic rings. The molecule has 0 fully saturated rings. The second-order valence-electron chi connectivity index (χ2n) is 3.94. The average molecular weight is 238 g/mol. The Morgan fingerprint density at radius 3 is 2.75 bits per heavy atom. The molecule has 1 atom stereocenters. The molecule has 1 rings (SSSR count). The summed E-state index contributed by atoms with van der Waals surface area (Å²) >= 11 is 6.10. The summed E-state index contributed by atoms with van der Waals surface area (Å²) in [6.45, 7) is 4.04. The van der Waals surface area contributed by atoms with Gasteiger partial charge in [-0.3, -0.25) is 0 Å². The van der Waals surface area contributed by atoms with Crippen LogP contribution in [-0.4, -0.2) is 7.11 Å². The van der Waals surface area contributed by atoms with Crippen LogP contribution in [0.2, 0.25) is 5.02 Å². The van der Waals surface area contributed by atoms with E-state index in [-0.39, 0.29) is 5.92 Å². The number of ether oxygens (including phenoxy) is 1. The van der Waals surface area contributed by atoms with E-state index in [1.165, 1.54) is 0 Å². The van der Waals surface area contributed by atoms with E-state index in [0.29, 0.717) is 6.42 Å². The van der Waals surface area contributed by atoms with Crippen LogP contribution in [0.3, 0.4) is 0 Å². The standard InChI is InChI=1S/C13H16ClNO/c1-9(5-4-6-15)11-8-12(14)10(2)7-13(11)16-3/h7-9H,4-5H2,1-3H3. The van der Waals surface area contributed by atoms with Crippen LogP contribution in [0, 0.1) is 18.3 Å². The van der Waals surface area contributed by atoms with E-state index in [0.717, 1.165) is 28.3 Å². The number of benzene rings is 1. The topological polar surface area (TPSA) is 33.0 Å². The average Bonchev–Trinajstić information content (AvgIpc) is 2.28. The maximum atomic E-state index is 8.58. The van der Waals surface area contributed by atoms with Gasteiger partial charge in [0.25, 0.3) is 0 Å². The summed E-state index contributed by atoms with van der Waals surface area (Å²) in [4.78, 5) is 0. The van der Waals surface area contributed by atoms with Crippen molar-refractivity contribution >= 4 is 11.6 Å². The molecule has 0 radical (unpaired) electrons. The third kappa shape index (κ3) is 2.90. The largest absolute Gasteiger partial charge is 0.496 e. The number of hydrogen-bond donors (Lipinski definition) is 0. The maximum absolute atomic E-state index is 8.58. The van der Waals surface area contributed by atoms with Gasteiger partial charge in [-0.05, 0) is 42.5 Å². The summed E-state index contributed by atoms with van der Waals surface area (Å²) in [5, 5.41) is 9.33. The second-order valence-corrected chi connectivity index (χ2v) is 4.35. The van der Waals surface area contributed by atoms with Crippen LogP contribution in [-0.2, 0) is 0 Å². The Bertz CT molecular complexity index is 409. The molecule has 3 heteroatoms. The van der Waals surface area contributed by atoms with Crippen LogP contribution in [0.25, 0.3) is 0 Å². The van der Waals surface area contributed by atoms with Crippen molar-refractivity contribution in [3.05, 3.63) is 28.3 Å². The zero-order chi connectivity index (χ0) is 12.1. The highest BCUT2D eigenvalue weighted by atomic mass is 35.5. The number of nitriles is 1. The van der Waals surface area contributed by atoms with Gasteiger partial charge in [0.15, 0.2) is 0 Å². The third-order valence-electron chi connectivity index (χ3n) is 2.73. The number of methoxy groups -OCH3 is 1. The van der Waals surface area contributed by atoms with Crippen LogP contribution < -0.4 is 4.74 Å². The molecule has 0 amide bonds. The van der Waals surface area contributed by atoms with Crippen LogP contribution in [0.1, 0.15) is 36.8 Å². The van der Waals surface area contributed by atoms with Gasteiger partial charge in [-0.25, -0.2) is 0 Å². The van der Waals surface area contributed by atoms with Gasteiger partial charge in [0.2, 0.25) is 0 Å². The van der Waals surface area contributed by atoms with Gasteiger partial charge in [0, 0.05) is 11.4 Å². The molecule has 1 unspecified atom stereocenters. The Kier molecular flexibility index (Phi) is 4.64. The molecule has 0 saturated heterocycles. The lowest BCUT2D eigenvalue weighted by Gasteiger charge is -2.16. The smallest absolute Gasteiger partial charge is 0.122 e. The van der Waals surface area contributed by atoms with Gasteiger partial charge >= 0.3 is 0 Å². The van der Waals surface area contributed by atoms with Gasteiger partial charge in [0.1, 0.15) is 5.75 Å². The van der Waals surface area contributed by atoms with Crippen molar-refractivity contribution in [3.63, 3.8) is 0 Å². The zero-order valence-corrected chi connectivity index (χ0v) is 10.6. The Morgan fingerprint density at radius 2 is 2.19 bits per heavy atom. The molecule has 0 saturated carbocycles. The fourth-order valence-electron chi connectivity index (χ4n) is 1.67. The van der Waals surface area contributed by atoms with Crippen molar-refractivity contribution in [3.8, 4) is 11.8 Å². The summed E-state index contributed by atoms with van der Waals surface area (Å²) in [6, 6.07) is 6.05. The Hall–Kier alpha value is -1.20. The fourth-order valence-corrected chi connectivity index (χ4v) is 1.84. The quantitative estimate of drug-likeness (QED) is 0.791. The predicted octanol–water partition coefficient (Wildman–Crippen LogP) is 4.06. The monoisotopic (exact) mass is 237 g/mol. The molecular weight excluding hydrogens is 222 g/mol. The Balaban J connectivity index is 3.02. The van der Waals surface area contributed by atoms with Crippen LogP contribution in [0.5, 0.6) is 5.75 Å². The van der Waals surface area contributed by atoms with Crippen molar-refractivity contribution in [2.75, 3.05) is 7.11 Å². The van der Waals surface area contributed by atoms with E-state index in [9.17, 15) is 0 Å². The SMILES string of the molecule is COc1cc(C)c(Cl)cc1C(C)CCC#N. The van der Waals surface area contributed by atoms with Crippen LogP contribution in [0.15, 0.2) is 12.1 Å². The lowest BCUT2D eigenvalue weighted by atomic mass is 9.94. The molecule has 0 aliphatic heterocycles. The summed E-state index contributed by atoms with van der Waals surface area (Å²) < 4.78 is 5.34. The van der Waals surface area contributed by atoms with E-state index in [1.807, 2.05) is 19.1 Å². The fraction of sp³-hybridized carbons (Fsp3) is 0.462. The molecular formula is C13H16ClNO. The maximum Gasteiger partial charge on any atom is 0.122 e. The normalized spacial score (nSPS) is 11.9. The lowest BCUT2D eigenvalue weighted by molar-refractivity contribution is 0.405. The van der Waals surface area contributed by atoms with Gasteiger partial charge in [0.05, 0.1) is 13.2 Å². The summed E-state index contributed by atoms with van der Waals surface area (Å²) in [6.07, 6.45) is 1.38. The van der Waals surface area contributed by atoms with Gasteiger partial charge in [-0.2, -0.15) is 5.26 Å². The van der Waals surface area contributed by atoms with Crippen molar-refractivity contribution in [1.82, 2.24) is 0 Å². The van der Waals surface area contributed by atoms with Crippen molar-refractivity contribution in [2.45, 2.75) is 32.6 Å². The highest BCUT2D eigenvalue weighted by molar-refractivity contribution is 6.31. The summed E-state index contributed by atoms with van der Waals surface area (Å²) in [7, 11) is 1.66. The molecule has 0 bridgehead atoms. The lowest BCUT2D eigenvalue weighted by Crippen LogP contribution is -1.98. The van der Waals surface area contributed by atoms with E-state index >= 15 is 0 Å². The molecule has 16 heavy (non-hydrogen) atoms. The number of rotatable bonds is 4. The molecule has 86 valence electrons. The third-order valence-corrected chi connectivity index (χ3v) is 3.14. The molecule has 0 aliphatic rings. The second kappa shape index (κ2) is 5.77. The Labute approximate surface area is 102 Å². The first-order chi connectivity index (χ1) is 7.60. The minimum atomic E-state index is 0.285.